The molecule has 0 radical (unpaired) electrons. The molecule has 0 saturated carbocycles. The van der Waals surface area contributed by atoms with E-state index in [2.05, 4.69) is 38.8 Å². The van der Waals surface area contributed by atoms with Crippen LogP contribution in [0.2, 0.25) is 0 Å². The molecule has 3 rings (SSSR count). The maximum Gasteiger partial charge on any atom is 0.230 e. The fourth-order valence-corrected chi connectivity index (χ4v) is 3.96. The van der Waals surface area contributed by atoms with Crippen LogP contribution in [-0.4, -0.2) is 62.4 Å². The number of likely N-dealkylation sites (N-methyl/N-ethyl adjacent to an activating group) is 1. The van der Waals surface area contributed by atoms with E-state index in [-0.39, 0.29) is 12.1 Å². The molecule has 2 aromatic heterocycles. The zero-order chi connectivity index (χ0) is 17.3. The third-order valence-corrected chi connectivity index (χ3v) is 5.64. The number of aliphatic hydroxyl groups is 1. The quantitative estimate of drug-likeness (QED) is 0.847. The lowest BCUT2D eigenvalue weighted by Crippen LogP contribution is -2.40. The molecule has 0 amide bonds. The Morgan fingerprint density at radius 3 is 2.83 bits per heavy atom. The van der Waals surface area contributed by atoms with Crippen LogP contribution in [0.15, 0.2) is 10.6 Å². The smallest absolute Gasteiger partial charge is 0.230 e. The molecule has 0 unspecified atom stereocenters. The molecule has 1 aliphatic heterocycles. The first-order valence-corrected chi connectivity index (χ1v) is 9.08. The Kier molecular flexibility index (Phi) is 5.29. The lowest BCUT2D eigenvalue weighted by atomic mass is 10.2. The van der Waals surface area contributed by atoms with Crippen molar-refractivity contribution in [3.05, 3.63) is 27.9 Å². The van der Waals surface area contributed by atoms with Gasteiger partial charge in [-0.3, -0.25) is 9.80 Å². The molecule has 8 heteroatoms. The van der Waals surface area contributed by atoms with Crippen molar-refractivity contribution in [3.63, 3.8) is 0 Å². The SMILES string of the molecule is Cc1nnc(CN(C)[C@H]2CN(Cc3ncc(C(C)C)s3)C[C@H]2O)o1. The standard InChI is InChI=1S/C16H25N5O2S/c1-10(2)14-5-17-16(24-14)9-21-6-12(13(22)7-21)20(4)8-15-19-18-11(3)23-15/h5,10,12-13,22H,6-9H2,1-4H3/t12-,13+/m0/s1. The molecule has 132 valence electrons. The molecule has 24 heavy (non-hydrogen) atoms. The van der Waals surface area contributed by atoms with Crippen molar-refractivity contribution in [1.82, 2.24) is 25.0 Å². The second-order valence-corrected chi connectivity index (χ2v) is 7.92. The van der Waals surface area contributed by atoms with Gasteiger partial charge in [0.2, 0.25) is 11.8 Å². The number of nitrogens with zero attached hydrogens (tertiary/aromatic N) is 5. The van der Waals surface area contributed by atoms with Gasteiger partial charge in [-0.15, -0.1) is 21.5 Å². The van der Waals surface area contributed by atoms with E-state index in [1.807, 2.05) is 13.2 Å². The summed E-state index contributed by atoms with van der Waals surface area (Å²) < 4.78 is 5.43. The number of aliphatic hydroxyl groups excluding tert-OH is 1. The van der Waals surface area contributed by atoms with Gasteiger partial charge in [-0.2, -0.15) is 0 Å². The minimum atomic E-state index is -0.386. The van der Waals surface area contributed by atoms with Gasteiger partial charge in [0.05, 0.1) is 19.2 Å². The monoisotopic (exact) mass is 351 g/mol. The summed E-state index contributed by atoms with van der Waals surface area (Å²) in [7, 11) is 1.98. The van der Waals surface area contributed by atoms with Crippen LogP contribution in [0.25, 0.3) is 0 Å². The van der Waals surface area contributed by atoms with Crippen molar-refractivity contribution >= 4 is 11.3 Å². The average molecular weight is 351 g/mol. The molecule has 7 nitrogen and oxygen atoms in total. The second-order valence-electron chi connectivity index (χ2n) is 6.77. The first-order valence-electron chi connectivity index (χ1n) is 8.26. The van der Waals surface area contributed by atoms with E-state index in [9.17, 15) is 5.11 Å². The number of β-amino-alcohol motifs (C(OH)–C–C–N with tert-alkyl or cyclic N) is 1. The van der Waals surface area contributed by atoms with E-state index >= 15 is 0 Å². The van der Waals surface area contributed by atoms with Gasteiger partial charge in [-0.05, 0) is 13.0 Å². The van der Waals surface area contributed by atoms with Crippen LogP contribution in [0, 0.1) is 6.92 Å². The van der Waals surface area contributed by atoms with Gasteiger partial charge in [0, 0.05) is 37.1 Å². The maximum absolute atomic E-state index is 10.4. The van der Waals surface area contributed by atoms with Crippen LogP contribution < -0.4 is 0 Å². The molecular weight excluding hydrogens is 326 g/mol. The molecule has 2 aromatic rings. The largest absolute Gasteiger partial charge is 0.424 e. The van der Waals surface area contributed by atoms with Crippen molar-refractivity contribution < 1.29 is 9.52 Å². The number of hydrogen-bond donors (Lipinski definition) is 1. The van der Waals surface area contributed by atoms with E-state index in [1.165, 1.54) is 4.88 Å². The fourth-order valence-electron chi connectivity index (χ4n) is 3.00. The molecule has 1 aliphatic rings. The zero-order valence-electron chi connectivity index (χ0n) is 14.6. The summed E-state index contributed by atoms with van der Waals surface area (Å²) in [4.78, 5) is 10.2. The average Bonchev–Trinajstić information content (AvgIpc) is 3.21. The molecule has 0 aromatic carbocycles. The Morgan fingerprint density at radius 2 is 2.21 bits per heavy atom. The number of likely N-dealkylation sites (tertiary alicyclic amines) is 1. The molecule has 0 aliphatic carbocycles. The second kappa shape index (κ2) is 7.26. The van der Waals surface area contributed by atoms with Crippen molar-refractivity contribution in [2.45, 2.75) is 51.9 Å². The normalized spacial score (nSPS) is 22.1. The van der Waals surface area contributed by atoms with Crippen molar-refractivity contribution in [1.29, 1.82) is 0 Å². The van der Waals surface area contributed by atoms with Crippen LogP contribution in [0.5, 0.6) is 0 Å². The zero-order valence-corrected chi connectivity index (χ0v) is 15.5. The minimum absolute atomic E-state index is 0.0572. The summed E-state index contributed by atoms with van der Waals surface area (Å²) in [5.74, 6) is 1.66. The summed E-state index contributed by atoms with van der Waals surface area (Å²) in [5, 5.41) is 19.4. The van der Waals surface area contributed by atoms with Crippen molar-refractivity contribution in [2.24, 2.45) is 0 Å². The predicted molar refractivity (Wildman–Crippen MR) is 91.8 cm³/mol. The summed E-state index contributed by atoms with van der Waals surface area (Å²) in [6.07, 6.45) is 1.59. The van der Waals surface area contributed by atoms with E-state index in [1.54, 1.807) is 18.3 Å². The number of hydrogen-bond acceptors (Lipinski definition) is 8. The minimum Gasteiger partial charge on any atom is -0.424 e. The highest BCUT2D eigenvalue weighted by Crippen LogP contribution is 2.25. The summed E-state index contributed by atoms with van der Waals surface area (Å²) in [5.41, 5.74) is 0. The summed E-state index contributed by atoms with van der Waals surface area (Å²) in [6.45, 7) is 8.95. The molecular formula is C16H25N5O2S. The maximum atomic E-state index is 10.4. The number of rotatable bonds is 6. The highest BCUT2D eigenvalue weighted by molar-refractivity contribution is 7.11. The van der Waals surface area contributed by atoms with Crippen LogP contribution in [0.1, 0.15) is 41.4 Å². The van der Waals surface area contributed by atoms with E-state index in [0.29, 0.717) is 30.8 Å². The molecule has 1 saturated heterocycles. The summed E-state index contributed by atoms with van der Waals surface area (Å²) >= 11 is 1.76. The first-order chi connectivity index (χ1) is 11.4. The lowest BCUT2D eigenvalue weighted by molar-refractivity contribution is 0.0899. The van der Waals surface area contributed by atoms with Crippen LogP contribution in [0.3, 0.4) is 0 Å². The van der Waals surface area contributed by atoms with Gasteiger partial charge < -0.3 is 9.52 Å². The Bertz CT molecular complexity index is 671. The Balaban J connectivity index is 1.57. The lowest BCUT2D eigenvalue weighted by Gasteiger charge is -2.24. The van der Waals surface area contributed by atoms with Crippen molar-refractivity contribution in [3.8, 4) is 0 Å². The van der Waals surface area contributed by atoms with Crippen LogP contribution >= 0.6 is 11.3 Å². The Labute approximate surface area is 146 Å². The molecule has 0 spiro atoms. The topological polar surface area (TPSA) is 78.5 Å². The van der Waals surface area contributed by atoms with Crippen LogP contribution in [-0.2, 0) is 13.1 Å². The predicted octanol–water partition coefficient (Wildman–Crippen LogP) is 1.64. The first kappa shape index (κ1) is 17.5. The highest BCUT2D eigenvalue weighted by atomic mass is 32.1. The van der Waals surface area contributed by atoms with Crippen LogP contribution in [0.4, 0.5) is 0 Å². The molecule has 1 N–H and O–H groups in total. The van der Waals surface area contributed by atoms with Gasteiger partial charge >= 0.3 is 0 Å². The van der Waals surface area contributed by atoms with E-state index in [0.717, 1.165) is 18.1 Å². The van der Waals surface area contributed by atoms with Gasteiger partial charge in [0.25, 0.3) is 0 Å². The highest BCUT2D eigenvalue weighted by Gasteiger charge is 2.34. The molecule has 1 fully saturated rings. The fraction of sp³-hybridized carbons (Fsp3) is 0.688. The number of thiazole rings is 1. The van der Waals surface area contributed by atoms with Gasteiger partial charge in [-0.1, -0.05) is 13.8 Å². The third kappa shape index (κ3) is 4.00. The Hall–Kier alpha value is -1.35. The van der Waals surface area contributed by atoms with E-state index < -0.39 is 0 Å². The summed E-state index contributed by atoms with van der Waals surface area (Å²) in [6, 6.07) is 0.0572. The molecule has 2 atom stereocenters. The van der Waals surface area contributed by atoms with Gasteiger partial charge in [0.1, 0.15) is 5.01 Å². The number of aryl methyl sites for hydroxylation is 1. The number of aromatic nitrogens is 3. The van der Waals surface area contributed by atoms with Crippen molar-refractivity contribution in [2.75, 3.05) is 20.1 Å². The third-order valence-electron chi connectivity index (χ3n) is 4.35. The molecule has 0 bridgehead atoms. The van der Waals surface area contributed by atoms with Gasteiger partial charge in [-0.25, -0.2) is 4.98 Å². The van der Waals surface area contributed by atoms with Gasteiger partial charge in [0.15, 0.2) is 0 Å². The molecule has 3 heterocycles. The van der Waals surface area contributed by atoms with E-state index in [4.69, 9.17) is 4.42 Å². The Morgan fingerprint density at radius 1 is 1.42 bits per heavy atom.